The van der Waals surface area contributed by atoms with Crippen LogP contribution in [0.2, 0.25) is 0 Å². The Morgan fingerprint density at radius 3 is 0.379 bits per heavy atom. The van der Waals surface area contributed by atoms with Gasteiger partial charge in [-0.05, 0) is 0 Å². The Balaban J connectivity index is -0.0000000960. The van der Waals surface area contributed by atoms with E-state index in [1.165, 1.54) is 0 Å². The summed E-state index contributed by atoms with van der Waals surface area (Å²) in [6.45, 7) is 0. The number of hydrogen-bond acceptors (Lipinski definition) is 21. The van der Waals surface area contributed by atoms with Crippen molar-refractivity contribution in [3.05, 3.63) is 0 Å². The van der Waals surface area contributed by atoms with Crippen LogP contribution < -0.4 is 0 Å². The molecule has 0 bridgehead atoms. The number of hydrogen-bond donors (Lipinski definition) is 0. The Hall–Kier alpha value is 1.11. The van der Waals surface area contributed by atoms with Crippen LogP contribution in [0.1, 0.15) is 0 Å². The third-order valence-electron chi connectivity index (χ3n) is 0.500. The van der Waals surface area contributed by atoms with E-state index < -0.39 is 62.4 Å². The number of rotatable bonds is 6. The first-order valence-corrected chi connectivity index (χ1v) is 12.0. The monoisotopic (exact) mass is 946 g/mol. The zero-order valence-electron chi connectivity index (χ0n) is 11.9. The molecule has 29 heavy (non-hydrogen) atoms. The Morgan fingerprint density at radius 1 is 0.310 bits per heavy atom. The third kappa shape index (κ3) is 58.6. The average molecular weight is 946 g/mol. The molecule has 21 nitrogen and oxygen atoms in total. The molecule has 0 aromatic rings. The third-order valence-corrected chi connectivity index (χ3v) is 4.50. The fraction of sp³-hybridized carbons (Fsp3) is 0. The van der Waals surface area contributed by atoms with Gasteiger partial charge in [0.2, 0.25) is 62.4 Å². The fourth-order valence-electron chi connectivity index (χ4n) is 0.306. The second kappa shape index (κ2) is 14.3. The van der Waals surface area contributed by atoms with E-state index in [2.05, 4.69) is 10.9 Å². The zero-order valence-corrected chi connectivity index (χ0v) is 23.8. The molecule has 0 saturated heterocycles. The molecular weight excluding hydrogens is 946 g/mol. The molecule has 0 atom stereocenters. The van der Waals surface area contributed by atoms with E-state index in [0.29, 0.717) is 0 Å². The van der Waals surface area contributed by atoms with Crippen LogP contribution in [0, 0.1) is 0 Å². The quantitative estimate of drug-likeness (QED) is 0.136. The van der Waals surface area contributed by atoms with Crippen molar-refractivity contribution in [1.82, 2.24) is 0 Å². The van der Waals surface area contributed by atoms with Crippen molar-refractivity contribution >= 4 is 115 Å². The topological polar surface area (TPSA) is 371 Å². The molecule has 0 aliphatic heterocycles. The molecule has 0 fully saturated rings. The maximum absolute atomic E-state index is 9.29. The summed E-state index contributed by atoms with van der Waals surface area (Å²) in [6.07, 6.45) is 0. The Bertz CT molecular complexity index is 854. The molecule has 0 aliphatic rings. The summed E-state index contributed by atoms with van der Waals surface area (Å²) in [7, 11) is -32.6. The van der Waals surface area contributed by atoms with Gasteiger partial charge >= 0.3 is 52.4 Å². The van der Waals surface area contributed by atoms with Crippen LogP contribution in [-0.2, 0) is 73.3 Å². The van der Waals surface area contributed by atoms with Crippen molar-refractivity contribution in [2.75, 3.05) is 0 Å². The van der Waals surface area contributed by atoms with E-state index in [1.54, 1.807) is 0 Å². The summed E-state index contributed by atoms with van der Waals surface area (Å²) in [5.74, 6) is 0. The van der Waals surface area contributed by atoms with Crippen LogP contribution in [0.5, 0.6) is 0 Å². The predicted molar refractivity (Wildman–Crippen MR) is 72.9 cm³/mol. The maximum Gasteiger partial charge on any atom is 3.00 e. The van der Waals surface area contributed by atoms with Gasteiger partial charge in [0.1, 0.15) is 0 Å². The van der Waals surface area contributed by atoms with Crippen molar-refractivity contribution in [3.63, 3.8) is 0 Å². The minimum Gasteiger partial charge on any atom is -0.725 e. The minimum absolute atomic E-state index is 0. The van der Waals surface area contributed by atoms with E-state index in [-0.39, 0.29) is 52.4 Å². The standard InChI is InChI=1S/2Bi.3H2O7S2/c;;3*1-8(2,3)7-9(4,5)6/h;;3*(H,1,2,3)(H,4,5,6)/q2*+3;;;/p-6. The van der Waals surface area contributed by atoms with Crippen molar-refractivity contribution in [1.29, 1.82) is 0 Å². The van der Waals surface area contributed by atoms with E-state index in [0.717, 1.165) is 0 Å². The second-order valence-electron chi connectivity index (χ2n) is 2.65. The summed E-state index contributed by atoms with van der Waals surface area (Å²) in [5, 5.41) is 0. The van der Waals surface area contributed by atoms with Gasteiger partial charge in [-0.2, -0.15) is 10.9 Å². The first-order chi connectivity index (χ1) is 11.1. The van der Waals surface area contributed by atoms with Crippen molar-refractivity contribution in [2.45, 2.75) is 0 Å². The van der Waals surface area contributed by atoms with E-state index >= 15 is 0 Å². The smallest absolute Gasteiger partial charge is 0.725 e. The van der Waals surface area contributed by atoms with Crippen LogP contribution in [0.3, 0.4) is 0 Å². The summed E-state index contributed by atoms with van der Waals surface area (Å²) < 4.78 is 175. The fourth-order valence-corrected chi connectivity index (χ4v) is 2.76. The van der Waals surface area contributed by atoms with Gasteiger partial charge in [-0.25, -0.2) is 50.5 Å². The largest absolute Gasteiger partial charge is 3.00 e. The Morgan fingerprint density at radius 2 is 0.379 bits per heavy atom. The molecule has 0 aromatic carbocycles. The van der Waals surface area contributed by atoms with Gasteiger partial charge in [0.05, 0.1) is 0 Å². The van der Waals surface area contributed by atoms with Crippen molar-refractivity contribution < 1.29 is 88.7 Å². The SMILES string of the molecule is O=S(=O)([O-])OS(=O)(=O)[O-].O=S(=O)([O-])OS(=O)(=O)[O-].O=S(=O)([O-])OS(=O)(=O)[O-].[Bi+3].[Bi+3]. The van der Waals surface area contributed by atoms with Gasteiger partial charge < -0.3 is 27.3 Å². The van der Waals surface area contributed by atoms with Gasteiger partial charge in [0, 0.05) is 0 Å². The summed E-state index contributed by atoms with van der Waals surface area (Å²) in [4.78, 5) is 0. The van der Waals surface area contributed by atoms with Crippen LogP contribution in [-0.4, -0.2) is 130 Å². The zero-order chi connectivity index (χ0) is 23.1. The van der Waals surface area contributed by atoms with Gasteiger partial charge in [0.15, 0.2) is 0 Å². The first-order valence-electron chi connectivity index (χ1n) is 4.00. The molecule has 172 valence electrons. The van der Waals surface area contributed by atoms with Crippen LogP contribution in [0.25, 0.3) is 0 Å². The average Bonchev–Trinajstić information content (AvgIpc) is 1.96. The summed E-state index contributed by atoms with van der Waals surface area (Å²) in [5.41, 5.74) is 0. The van der Waals surface area contributed by atoms with Gasteiger partial charge in [-0.1, -0.05) is 0 Å². The van der Waals surface area contributed by atoms with E-state index in [4.69, 9.17) is 0 Å². The molecule has 0 unspecified atom stereocenters. The summed E-state index contributed by atoms with van der Waals surface area (Å²) >= 11 is 0. The normalized spacial score (nSPS) is 12.6. The molecule has 0 aromatic heterocycles. The van der Waals surface area contributed by atoms with Gasteiger partial charge in [0.25, 0.3) is 0 Å². The molecule has 0 heterocycles. The van der Waals surface area contributed by atoms with Gasteiger partial charge in [-0.15, -0.1) is 0 Å². The van der Waals surface area contributed by atoms with Crippen molar-refractivity contribution in [3.8, 4) is 0 Å². The van der Waals surface area contributed by atoms with Crippen LogP contribution in [0.4, 0.5) is 0 Å². The Labute approximate surface area is 201 Å². The first kappa shape index (κ1) is 40.5. The predicted octanol–water partition coefficient (Wildman–Crippen LogP) is -6.99. The molecular formula is Bi2O21S6. The molecule has 29 heteroatoms. The molecule has 0 rings (SSSR count). The molecule has 0 N–H and O–H groups in total. The van der Waals surface area contributed by atoms with Gasteiger partial charge in [-0.3, -0.25) is 0 Å². The minimum atomic E-state index is -5.43. The molecule has 0 saturated carbocycles. The van der Waals surface area contributed by atoms with E-state index in [9.17, 15) is 77.8 Å². The van der Waals surface area contributed by atoms with Crippen LogP contribution in [0.15, 0.2) is 0 Å². The van der Waals surface area contributed by atoms with Crippen molar-refractivity contribution in [2.24, 2.45) is 0 Å². The second-order valence-corrected chi connectivity index (χ2v) is 9.19. The molecule has 0 spiro atoms. The molecule has 0 aliphatic carbocycles. The van der Waals surface area contributed by atoms with Crippen LogP contribution >= 0.6 is 0 Å². The molecule has 4 radical (unpaired) electrons. The molecule has 0 amide bonds. The Kier molecular flexibility index (Phi) is 19.9. The summed E-state index contributed by atoms with van der Waals surface area (Å²) in [6, 6.07) is 0. The van der Waals surface area contributed by atoms with E-state index in [1.807, 2.05) is 0 Å². The maximum atomic E-state index is 9.29.